The van der Waals surface area contributed by atoms with E-state index < -0.39 is 6.10 Å². The number of nitrogens with one attached hydrogen (secondary N) is 1. The first kappa shape index (κ1) is 9.60. The van der Waals surface area contributed by atoms with Crippen LogP contribution in [0, 0.1) is 12.3 Å². The molecule has 1 atom stereocenters. The number of Topliss-reactive ketones (excluding diaryl/α,β-unsaturated/α-hetero) is 1. The molecule has 0 amide bonds. The molecule has 1 N–H and O–H groups in total. The lowest BCUT2D eigenvalue weighted by molar-refractivity contribution is -0.124. The van der Waals surface area contributed by atoms with Crippen molar-refractivity contribution < 1.29 is 9.53 Å². The van der Waals surface area contributed by atoms with Gasteiger partial charge >= 0.3 is 0 Å². The van der Waals surface area contributed by atoms with Crippen LogP contribution in [-0.4, -0.2) is 18.4 Å². The molecule has 0 aromatic heterocycles. The molecule has 0 radical (unpaired) electrons. The minimum Gasteiger partial charge on any atom is -0.479 e. The van der Waals surface area contributed by atoms with Crippen LogP contribution in [0.1, 0.15) is 6.42 Å². The molecule has 0 spiro atoms. The van der Waals surface area contributed by atoms with Crippen LogP contribution in [0.4, 0.5) is 5.69 Å². The molecule has 0 saturated carbocycles. The second kappa shape index (κ2) is 4.05. The minimum atomic E-state index is -0.462. The number of para-hydroxylation sites is 2. The van der Waals surface area contributed by atoms with Gasteiger partial charge in [-0.05, 0) is 12.1 Å². The van der Waals surface area contributed by atoms with E-state index in [1.807, 2.05) is 24.3 Å². The fourth-order valence-electron chi connectivity index (χ4n) is 1.51. The maximum absolute atomic E-state index is 11.5. The highest BCUT2D eigenvalue weighted by atomic mass is 16.5. The number of fused-ring (bicyclic) bond motifs is 1. The summed E-state index contributed by atoms with van der Waals surface area (Å²) in [6.45, 7) is 0.484. The van der Waals surface area contributed by atoms with Crippen molar-refractivity contribution in [1.29, 1.82) is 0 Å². The van der Waals surface area contributed by atoms with E-state index in [9.17, 15) is 4.79 Å². The Bertz CT molecular complexity index is 420. The molecular formula is C12H11NO2. The first-order valence-electron chi connectivity index (χ1n) is 4.77. The van der Waals surface area contributed by atoms with Crippen molar-refractivity contribution in [2.75, 3.05) is 11.9 Å². The third kappa shape index (κ3) is 1.94. The largest absolute Gasteiger partial charge is 0.479 e. The predicted octanol–water partition coefficient (Wildman–Crippen LogP) is 1.45. The first-order chi connectivity index (χ1) is 7.31. The standard InChI is InChI=1S/C12H11NO2/c1-2-5-10(14)12-8-13-9-6-3-4-7-11(9)15-12/h1,3-4,6-7,12-13H,5,8H2. The van der Waals surface area contributed by atoms with Crippen LogP contribution in [0.2, 0.25) is 0 Å². The summed E-state index contributed by atoms with van der Waals surface area (Å²) in [5.41, 5.74) is 0.919. The molecule has 1 aliphatic heterocycles. The van der Waals surface area contributed by atoms with E-state index in [1.54, 1.807) is 0 Å². The summed E-state index contributed by atoms with van der Waals surface area (Å²) < 4.78 is 5.54. The summed E-state index contributed by atoms with van der Waals surface area (Å²) in [6, 6.07) is 7.53. The fraction of sp³-hybridized carbons (Fsp3) is 0.250. The summed E-state index contributed by atoms with van der Waals surface area (Å²) in [5.74, 6) is 2.98. The van der Waals surface area contributed by atoms with E-state index >= 15 is 0 Å². The van der Waals surface area contributed by atoms with Crippen molar-refractivity contribution in [2.24, 2.45) is 0 Å². The Morgan fingerprint density at radius 1 is 1.60 bits per heavy atom. The Morgan fingerprint density at radius 2 is 2.40 bits per heavy atom. The van der Waals surface area contributed by atoms with Gasteiger partial charge in [0, 0.05) is 0 Å². The van der Waals surface area contributed by atoms with Gasteiger partial charge in [0.15, 0.2) is 11.9 Å². The summed E-state index contributed by atoms with van der Waals surface area (Å²) in [4.78, 5) is 11.5. The number of carbonyl (C=O) groups is 1. The summed E-state index contributed by atoms with van der Waals surface area (Å²) >= 11 is 0. The number of terminal acetylenes is 1. The zero-order chi connectivity index (χ0) is 10.7. The van der Waals surface area contributed by atoms with Crippen molar-refractivity contribution in [1.82, 2.24) is 0 Å². The highest BCUT2D eigenvalue weighted by molar-refractivity contribution is 5.86. The van der Waals surface area contributed by atoms with Crippen molar-refractivity contribution in [3.05, 3.63) is 24.3 Å². The lowest BCUT2D eigenvalue weighted by atomic mass is 10.1. The Labute approximate surface area is 88.4 Å². The lowest BCUT2D eigenvalue weighted by Gasteiger charge is -2.25. The van der Waals surface area contributed by atoms with Crippen molar-refractivity contribution >= 4 is 11.5 Å². The van der Waals surface area contributed by atoms with Gasteiger partial charge in [-0.1, -0.05) is 18.1 Å². The van der Waals surface area contributed by atoms with Crippen LogP contribution < -0.4 is 10.1 Å². The smallest absolute Gasteiger partial charge is 0.186 e. The van der Waals surface area contributed by atoms with Crippen molar-refractivity contribution in [2.45, 2.75) is 12.5 Å². The van der Waals surface area contributed by atoms with Crippen LogP contribution in [0.25, 0.3) is 0 Å². The topological polar surface area (TPSA) is 38.3 Å². The molecule has 0 fully saturated rings. The van der Waals surface area contributed by atoms with Crippen LogP contribution in [0.3, 0.4) is 0 Å². The molecule has 1 aliphatic rings. The van der Waals surface area contributed by atoms with Gasteiger partial charge in [0.25, 0.3) is 0 Å². The highest BCUT2D eigenvalue weighted by Crippen LogP contribution is 2.28. The van der Waals surface area contributed by atoms with E-state index in [0.717, 1.165) is 5.69 Å². The van der Waals surface area contributed by atoms with Gasteiger partial charge in [-0.2, -0.15) is 0 Å². The molecule has 0 saturated heterocycles. The molecule has 1 unspecified atom stereocenters. The van der Waals surface area contributed by atoms with E-state index in [-0.39, 0.29) is 12.2 Å². The molecular weight excluding hydrogens is 190 g/mol. The number of anilines is 1. The van der Waals surface area contributed by atoms with Crippen molar-refractivity contribution in [3.63, 3.8) is 0 Å². The van der Waals surface area contributed by atoms with Gasteiger partial charge in [0.1, 0.15) is 5.75 Å². The molecule has 1 heterocycles. The second-order valence-corrected chi connectivity index (χ2v) is 3.33. The molecule has 1 aromatic carbocycles. The number of hydrogen-bond donors (Lipinski definition) is 1. The Kier molecular flexibility index (Phi) is 2.59. The molecule has 15 heavy (non-hydrogen) atoms. The van der Waals surface area contributed by atoms with Gasteiger partial charge in [-0.3, -0.25) is 4.79 Å². The van der Waals surface area contributed by atoms with E-state index in [0.29, 0.717) is 12.3 Å². The molecule has 1 aromatic rings. The molecule has 3 heteroatoms. The molecule has 0 aliphatic carbocycles. The Balaban J connectivity index is 2.12. The minimum absolute atomic E-state index is 0.0560. The number of rotatable bonds is 2. The van der Waals surface area contributed by atoms with Gasteiger partial charge in [-0.25, -0.2) is 0 Å². The van der Waals surface area contributed by atoms with E-state index in [4.69, 9.17) is 11.2 Å². The normalized spacial score (nSPS) is 17.9. The predicted molar refractivity (Wildman–Crippen MR) is 57.8 cm³/mol. The quantitative estimate of drug-likeness (QED) is 0.736. The Morgan fingerprint density at radius 3 is 3.20 bits per heavy atom. The fourth-order valence-corrected chi connectivity index (χ4v) is 1.51. The number of hydrogen-bond acceptors (Lipinski definition) is 3. The van der Waals surface area contributed by atoms with Crippen LogP contribution in [0.5, 0.6) is 5.75 Å². The average Bonchev–Trinajstić information content (AvgIpc) is 2.29. The lowest BCUT2D eigenvalue weighted by Crippen LogP contribution is -2.37. The zero-order valence-electron chi connectivity index (χ0n) is 8.19. The van der Waals surface area contributed by atoms with Gasteiger partial charge in [0.05, 0.1) is 18.7 Å². The molecule has 76 valence electrons. The zero-order valence-corrected chi connectivity index (χ0v) is 8.19. The number of ketones is 1. The molecule has 3 nitrogen and oxygen atoms in total. The third-order valence-corrected chi connectivity index (χ3v) is 2.27. The van der Waals surface area contributed by atoms with E-state index in [1.165, 1.54) is 0 Å². The SMILES string of the molecule is C#CCC(=O)C1CNc2ccccc2O1. The first-order valence-corrected chi connectivity index (χ1v) is 4.77. The summed E-state index contributed by atoms with van der Waals surface area (Å²) in [7, 11) is 0. The third-order valence-electron chi connectivity index (χ3n) is 2.27. The summed E-state index contributed by atoms with van der Waals surface area (Å²) in [5, 5.41) is 3.14. The average molecular weight is 201 g/mol. The molecule has 0 bridgehead atoms. The number of carbonyl (C=O) groups excluding carboxylic acids is 1. The van der Waals surface area contributed by atoms with Crippen LogP contribution in [-0.2, 0) is 4.79 Å². The van der Waals surface area contributed by atoms with Crippen LogP contribution in [0.15, 0.2) is 24.3 Å². The second-order valence-electron chi connectivity index (χ2n) is 3.33. The summed E-state index contributed by atoms with van der Waals surface area (Å²) in [6.07, 6.45) is 4.74. The number of benzene rings is 1. The van der Waals surface area contributed by atoms with E-state index in [2.05, 4.69) is 11.2 Å². The Hall–Kier alpha value is -1.95. The monoisotopic (exact) mass is 201 g/mol. The highest BCUT2D eigenvalue weighted by Gasteiger charge is 2.24. The van der Waals surface area contributed by atoms with Crippen molar-refractivity contribution in [3.8, 4) is 18.1 Å². The van der Waals surface area contributed by atoms with Gasteiger partial charge in [0.2, 0.25) is 0 Å². The molecule has 2 rings (SSSR count). The van der Waals surface area contributed by atoms with Crippen LogP contribution >= 0.6 is 0 Å². The number of ether oxygens (including phenoxy) is 1. The maximum Gasteiger partial charge on any atom is 0.186 e. The van der Waals surface area contributed by atoms with Gasteiger partial charge < -0.3 is 10.1 Å². The maximum atomic E-state index is 11.5. The van der Waals surface area contributed by atoms with Gasteiger partial charge in [-0.15, -0.1) is 6.42 Å².